The van der Waals surface area contributed by atoms with E-state index in [4.69, 9.17) is 28.5 Å². The minimum Gasteiger partial charge on any atom is -0.384 e. The molecule has 0 bridgehead atoms. The molecular weight excluding hydrogens is 426 g/mol. The van der Waals surface area contributed by atoms with Crippen molar-refractivity contribution in [1.82, 2.24) is 10.6 Å². The predicted octanol–water partition coefficient (Wildman–Crippen LogP) is 2.98. The zero-order valence-corrected chi connectivity index (χ0v) is 18.7. The third-order valence-corrected chi connectivity index (χ3v) is 6.26. The number of carbonyl (C=O) groups is 2. The maximum Gasteiger partial charge on any atom is 0.252 e. The first-order chi connectivity index (χ1) is 15.4. The summed E-state index contributed by atoms with van der Waals surface area (Å²) >= 11 is 6.14. The fourth-order valence-corrected chi connectivity index (χ4v) is 4.25. The molecule has 7 N–H and O–H groups in total. The molecule has 0 spiro atoms. The lowest BCUT2D eigenvalue weighted by molar-refractivity contribution is -0.123. The van der Waals surface area contributed by atoms with Gasteiger partial charge in [-0.25, -0.2) is 0 Å². The third-order valence-electron chi connectivity index (χ3n) is 6.02. The molecule has 2 aromatic rings. The maximum absolute atomic E-state index is 13.1. The van der Waals surface area contributed by atoms with Crippen LogP contribution in [0.1, 0.15) is 53.2 Å². The van der Waals surface area contributed by atoms with E-state index in [1.165, 1.54) is 6.07 Å². The normalized spacial score (nSPS) is 19.1. The minimum atomic E-state index is -0.900. The summed E-state index contributed by atoms with van der Waals surface area (Å²) in [5, 5.41) is 13.9. The minimum absolute atomic E-state index is 0.131. The summed E-state index contributed by atoms with van der Waals surface area (Å²) in [5.74, 6) is 0.130. The first-order valence-corrected chi connectivity index (χ1v) is 11.2. The highest BCUT2D eigenvalue weighted by Crippen LogP contribution is 2.28. The molecule has 3 rings (SSSR count). The second-order valence-electron chi connectivity index (χ2n) is 8.32. The fraction of sp³-hybridized carbons (Fsp3) is 0.375. The lowest BCUT2D eigenvalue weighted by Gasteiger charge is -2.28. The van der Waals surface area contributed by atoms with Gasteiger partial charge in [0, 0.05) is 22.7 Å². The standard InChI is InChI=1S/C24H30ClN5O2/c25-20-6-2-3-17(12-20)21(24(32)29-14-16-9-7-15(13-26)8-10-16)30-23(31)19-5-1-4-18(11-19)22(27)28/h1-6,11-12,15-16,21H,7-10,13-14,26H2,(H3,27,28)(H,29,32)(H,30,31). The topological polar surface area (TPSA) is 134 Å². The highest BCUT2D eigenvalue weighted by molar-refractivity contribution is 6.30. The number of nitrogens with two attached hydrogens (primary N) is 2. The smallest absolute Gasteiger partial charge is 0.252 e. The second kappa shape index (κ2) is 11.1. The first-order valence-electron chi connectivity index (χ1n) is 10.9. The quantitative estimate of drug-likeness (QED) is 0.309. The molecule has 2 amide bonds. The third kappa shape index (κ3) is 6.31. The van der Waals surface area contributed by atoms with Crippen molar-refractivity contribution in [2.75, 3.05) is 13.1 Å². The van der Waals surface area contributed by atoms with Gasteiger partial charge in [-0.15, -0.1) is 0 Å². The fourth-order valence-electron chi connectivity index (χ4n) is 4.05. The Balaban J connectivity index is 1.72. The number of hydrogen-bond acceptors (Lipinski definition) is 4. The lowest BCUT2D eigenvalue weighted by atomic mass is 9.82. The molecule has 0 aromatic heterocycles. The molecule has 1 unspecified atom stereocenters. The number of rotatable bonds is 8. The molecule has 1 atom stereocenters. The van der Waals surface area contributed by atoms with Gasteiger partial charge in [0.15, 0.2) is 0 Å². The Morgan fingerprint density at radius 1 is 1.03 bits per heavy atom. The van der Waals surface area contributed by atoms with Gasteiger partial charge in [-0.1, -0.05) is 35.9 Å². The molecule has 8 heteroatoms. The van der Waals surface area contributed by atoms with E-state index in [0.29, 0.717) is 46.6 Å². The van der Waals surface area contributed by atoms with E-state index >= 15 is 0 Å². The Bertz CT molecular complexity index is 972. The molecule has 7 nitrogen and oxygen atoms in total. The van der Waals surface area contributed by atoms with Crippen LogP contribution in [0.3, 0.4) is 0 Å². The predicted molar refractivity (Wildman–Crippen MR) is 127 cm³/mol. The number of hydrogen-bond donors (Lipinski definition) is 5. The van der Waals surface area contributed by atoms with Crippen molar-refractivity contribution in [2.45, 2.75) is 31.7 Å². The van der Waals surface area contributed by atoms with Crippen LogP contribution in [0.5, 0.6) is 0 Å². The van der Waals surface area contributed by atoms with Crippen LogP contribution in [0, 0.1) is 17.2 Å². The van der Waals surface area contributed by atoms with E-state index in [-0.39, 0.29) is 11.7 Å². The molecule has 0 heterocycles. The highest BCUT2D eigenvalue weighted by Gasteiger charge is 2.26. The Labute approximate surface area is 193 Å². The molecule has 0 aliphatic heterocycles. The molecule has 1 fully saturated rings. The SMILES string of the molecule is N=C(N)c1cccc(C(=O)NC(C(=O)NCC2CCC(CN)CC2)c2cccc(Cl)c2)c1. The van der Waals surface area contributed by atoms with Gasteiger partial charge in [-0.2, -0.15) is 0 Å². The van der Waals surface area contributed by atoms with Crippen LogP contribution in [0.25, 0.3) is 0 Å². The van der Waals surface area contributed by atoms with E-state index in [1.807, 2.05) is 0 Å². The Kier molecular flexibility index (Phi) is 8.25. The van der Waals surface area contributed by atoms with E-state index in [1.54, 1.807) is 42.5 Å². The van der Waals surface area contributed by atoms with Crippen LogP contribution < -0.4 is 22.1 Å². The van der Waals surface area contributed by atoms with Crippen molar-refractivity contribution in [3.63, 3.8) is 0 Å². The molecule has 2 aromatic carbocycles. The molecule has 1 saturated carbocycles. The maximum atomic E-state index is 13.1. The summed E-state index contributed by atoms with van der Waals surface area (Å²) in [6, 6.07) is 12.4. The molecule has 0 saturated heterocycles. The first kappa shape index (κ1) is 23.8. The van der Waals surface area contributed by atoms with Gasteiger partial charge in [-0.3, -0.25) is 15.0 Å². The van der Waals surface area contributed by atoms with Gasteiger partial charge in [-0.05, 0) is 73.9 Å². The Morgan fingerprint density at radius 2 is 1.69 bits per heavy atom. The Morgan fingerprint density at radius 3 is 2.34 bits per heavy atom. The second-order valence-corrected chi connectivity index (χ2v) is 8.76. The number of carbonyl (C=O) groups excluding carboxylic acids is 2. The summed E-state index contributed by atoms with van der Waals surface area (Å²) in [6.45, 7) is 1.27. The number of amides is 2. The van der Waals surface area contributed by atoms with Gasteiger partial charge in [0.25, 0.3) is 5.91 Å². The van der Waals surface area contributed by atoms with Crippen LogP contribution in [-0.4, -0.2) is 30.7 Å². The van der Waals surface area contributed by atoms with Gasteiger partial charge in [0.05, 0.1) is 0 Å². The lowest BCUT2D eigenvalue weighted by Crippen LogP contribution is -2.42. The Hall–Kier alpha value is -2.90. The largest absolute Gasteiger partial charge is 0.384 e. The zero-order valence-electron chi connectivity index (χ0n) is 17.9. The number of halogens is 1. The van der Waals surface area contributed by atoms with Crippen molar-refractivity contribution in [3.8, 4) is 0 Å². The van der Waals surface area contributed by atoms with Gasteiger partial charge >= 0.3 is 0 Å². The molecule has 170 valence electrons. The number of benzene rings is 2. The molecular formula is C24H30ClN5O2. The zero-order chi connectivity index (χ0) is 23.1. The van der Waals surface area contributed by atoms with Gasteiger partial charge < -0.3 is 22.1 Å². The summed E-state index contributed by atoms with van der Waals surface area (Å²) in [7, 11) is 0. The highest BCUT2D eigenvalue weighted by atomic mass is 35.5. The van der Waals surface area contributed by atoms with Crippen molar-refractivity contribution < 1.29 is 9.59 Å². The molecule has 32 heavy (non-hydrogen) atoms. The summed E-state index contributed by atoms with van der Waals surface area (Å²) in [5.41, 5.74) is 12.7. The van der Waals surface area contributed by atoms with Crippen molar-refractivity contribution in [3.05, 3.63) is 70.2 Å². The van der Waals surface area contributed by atoms with Crippen molar-refractivity contribution in [2.24, 2.45) is 23.3 Å². The monoisotopic (exact) mass is 455 g/mol. The van der Waals surface area contributed by atoms with Crippen LogP contribution in [-0.2, 0) is 4.79 Å². The van der Waals surface area contributed by atoms with Crippen LogP contribution in [0.15, 0.2) is 48.5 Å². The van der Waals surface area contributed by atoms with E-state index in [0.717, 1.165) is 25.7 Å². The number of nitrogens with one attached hydrogen (secondary N) is 3. The number of amidine groups is 1. The summed E-state index contributed by atoms with van der Waals surface area (Å²) in [4.78, 5) is 26.0. The number of nitrogen functional groups attached to an aromatic ring is 1. The van der Waals surface area contributed by atoms with Crippen LogP contribution >= 0.6 is 11.6 Å². The molecule has 1 aliphatic rings. The van der Waals surface area contributed by atoms with E-state index < -0.39 is 11.9 Å². The van der Waals surface area contributed by atoms with Crippen molar-refractivity contribution >= 4 is 29.3 Å². The van der Waals surface area contributed by atoms with Crippen LogP contribution in [0.4, 0.5) is 0 Å². The summed E-state index contributed by atoms with van der Waals surface area (Å²) in [6.07, 6.45) is 4.23. The van der Waals surface area contributed by atoms with Gasteiger partial charge in [0.2, 0.25) is 5.91 Å². The van der Waals surface area contributed by atoms with E-state index in [9.17, 15) is 9.59 Å². The van der Waals surface area contributed by atoms with Crippen LogP contribution in [0.2, 0.25) is 5.02 Å². The van der Waals surface area contributed by atoms with E-state index in [2.05, 4.69) is 10.6 Å². The molecule has 0 radical (unpaired) electrons. The summed E-state index contributed by atoms with van der Waals surface area (Å²) < 4.78 is 0. The average molecular weight is 456 g/mol. The van der Waals surface area contributed by atoms with Crippen molar-refractivity contribution in [1.29, 1.82) is 5.41 Å². The molecule has 1 aliphatic carbocycles. The average Bonchev–Trinajstić information content (AvgIpc) is 2.81. The van der Waals surface area contributed by atoms with Gasteiger partial charge in [0.1, 0.15) is 11.9 Å².